The number of piperazine rings is 1. The lowest BCUT2D eigenvalue weighted by Crippen LogP contribution is -2.43. The summed E-state index contributed by atoms with van der Waals surface area (Å²) in [4.78, 5) is 27.9. The van der Waals surface area contributed by atoms with E-state index in [0.717, 1.165) is 48.5 Å². The van der Waals surface area contributed by atoms with Gasteiger partial charge in [-0.2, -0.15) is 5.10 Å². The van der Waals surface area contributed by atoms with Crippen LogP contribution in [0, 0.1) is 0 Å². The summed E-state index contributed by atoms with van der Waals surface area (Å²) in [5, 5.41) is 10.0. The summed E-state index contributed by atoms with van der Waals surface area (Å²) in [7, 11) is 1.50. The molecular formula is C24H26BrN9O3S. The molecule has 0 radical (unpaired) electrons. The van der Waals surface area contributed by atoms with Crippen molar-refractivity contribution in [2.24, 2.45) is 0 Å². The third-order valence-electron chi connectivity index (χ3n) is 5.99. The number of benzene rings is 1. The maximum absolute atomic E-state index is 12.4. The lowest BCUT2D eigenvalue weighted by molar-refractivity contribution is -0.164. The molecule has 1 saturated heterocycles. The number of fused-ring (bicyclic) bond motifs is 1. The molecular weight excluding hydrogens is 574 g/mol. The number of nitrogen functional groups attached to an aromatic ring is 1. The molecule has 0 bridgehead atoms. The van der Waals surface area contributed by atoms with E-state index in [9.17, 15) is 4.79 Å². The minimum atomic E-state index is -0.384. The van der Waals surface area contributed by atoms with Crippen LogP contribution < -0.4 is 16.4 Å². The van der Waals surface area contributed by atoms with Crippen molar-refractivity contribution in [3.8, 4) is 11.1 Å². The Kier molecular flexibility index (Phi) is 8.36. The molecule has 14 heteroatoms. The Morgan fingerprint density at radius 3 is 2.66 bits per heavy atom. The second-order valence-electron chi connectivity index (χ2n) is 8.47. The van der Waals surface area contributed by atoms with Crippen LogP contribution in [0.3, 0.4) is 0 Å². The van der Waals surface area contributed by atoms with Crippen molar-refractivity contribution in [1.29, 1.82) is 0 Å². The molecule has 2 amide bonds. The Bertz CT molecular complexity index is 1410. The summed E-state index contributed by atoms with van der Waals surface area (Å²) in [5.41, 5.74) is 10.6. The maximum atomic E-state index is 12.4. The van der Waals surface area contributed by atoms with Gasteiger partial charge < -0.3 is 11.1 Å². The number of amides is 2. The van der Waals surface area contributed by atoms with E-state index in [1.165, 1.54) is 25.7 Å². The van der Waals surface area contributed by atoms with Gasteiger partial charge in [-0.05, 0) is 51.8 Å². The molecule has 1 fully saturated rings. The molecule has 198 valence electrons. The predicted octanol–water partition coefficient (Wildman–Crippen LogP) is 4.04. The Hall–Kier alpha value is -3.27. The van der Waals surface area contributed by atoms with Gasteiger partial charge in [-0.1, -0.05) is 18.2 Å². The van der Waals surface area contributed by atoms with Crippen LogP contribution in [0.2, 0.25) is 0 Å². The van der Waals surface area contributed by atoms with Crippen LogP contribution in [0.15, 0.2) is 59.5 Å². The van der Waals surface area contributed by atoms with Gasteiger partial charge in [-0.25, -0.2) is 28.5 Å². The first-order chi connectivity index (χ1) is 18.5. The van der Waals surface area contributed by atoms with Crippen LogP contribution in [0.4, 0.5) is 22.1 Å². The number of anilines is 3. The average molecular weight is 601 g/mol. The molecule has 4 heterocycles. The number of pyridine rings is 1. The van der Waals surface area contributed by atoms with Crippen molar-refractivity contribution in [2.45, 2.75) is 6.54 Å². The predicted molar refractivity (Wildman–Crippen MR) is 150 cm³/mol. The SMILES string of the molecule is COOSN1CCN(Cc2cc(-c3ccc(NC(=O)Nc4cccc(Br)n4)cc3)c3c(N)ncnn23)CC1. The Morgan fingerprint density at radius 2 is 1.92 bits per heavy atom. The zero-order valence-corrected chi connectivity index (χ0v) is 22.9. The van der Waals surface area contributed by atoms with Crippen LogP contribution in [0.1, 0.15) is 5.69 Å². The van der Waals surface area contributed by atoms with Crippen LogP contribution in [0.25, 0.3) is 16.6 Å². The quantitative estimate of drug-likeness (QED) is 0.0894. The molecule has 4 aromatic rings. The van der Waals surface area contributed by atoms with Crippen molar-refractivity contribution in [1.82, 2.24) is 28.8 Å². The molecule has 1 aliphatic heterocycles. The topological polar surface area (TPSA) is 135 Å². The number of halogens is 1. The number of carbonyl (C=O) groups is 1. The van der Waals surface area contributed by atoms with Gasteiger partial charge in [0.1, 0.15) is 34.5 Å². The van der Waals surface area contributed by atoms with Crippen LogP contribution in [-0.2, 0) is 15.8 Å². The monoisotopic (exact) mass is 599 g/mol. The number of nitrogens with zero attached hydrogens (tertiary/aromatic N) is 6. The van der Waals surface area contributed by atoms with Crippen molar-refractivity contribution in [3.63, 3.8) is 0 Å². The normalized spacial score (nSPS) is 14.6. The van der Waals surface area contributed by atoms with Gasteiger partial charge in [-0.3, -0.25) is 10.2 Å². The summed E-state index contributed by atoms with van der Waals surface area (Å²) < 4.78 is 9.58. The highest BCUT2D eigenvalue weighted by atomic mass is 79.9. The molecule has 0 atom stereocenters. The number of nitrogens with two attached hydrogens (primary N) is 1. The lowest BCUT2D eigenvalue weighted by atomic mass is 10.1. The van der Waals surface area contributed by atoms with E-state index in [-0.39, 0.29) is 6.03 Å². The Labute approximate surface area is 231 Å². The summed E-state index contributed by atoms with van der Waals surface area (Å²) in [6, 6.07) is 14.6. The van der Waals surface area contributed by atoms with Crippen molar-refractivity contribution in [3.05, 3.63) is 65.2 Å². The van der Waals surface area contributed by atoms with Gasteiger partial charge in [-0.15, -0.1) is 4.33 Å². The Balaban J connectivity index is 1.30. The smallest absolute Gasteiger partial charge is 0.324 e. The van der Waals surface area contributed by atoms with E-state index in [0.29, 0.717) is 28.5 Å². The van der Waals surface area contributed by atoms with Crippen molar-refractivity contribution in [2.75, 3.05) is 49.7 Å². The van der Waals surface area contributed by atoms with Crippen molar-refractivity contribution >= 4 is 57.0 Å². The van der Waals surface area contributed by atoms with Crippen LogP contribution >= 0.6 is 28.2 Å². The molecule has 38 heavy (non-hydrogen) atoms. The molecule has 0 spiro atoms. The van der Waals surface area contributed by atoms with E-state index in [2.05, 4.69) is 61.8 Å². The first kappa shape index (κ1) is 26.3. The second kappa shape index (κ2) is 12.1. The van der Waals surface area contributed by atoms with Crippen LogP contribution in [0.5, 0.6) is 0 Å². The number of rotatable bonds is 8. The van der Waals surface area contributed by atoms with Gasteiger partial charge in [0.05, 0.1) is 12.8 Å². The standard InChI is InChI=1S/C24H26BrN9O3S/c1-36-37-38-33-11-9-32(10-12-33)14-18-13-19(22-23(26)27-15-28-34(18)22)16-5-7-17(8-6-16)29-24(35)31-21-4-2-3-20(25)30-21/h2-8,13,15H,9-12,14H2,1H3,(H2,26,27,28)(H2,29,30,31,35). The second-order valence-corrected chi connectivity index (χ2v) is 10.1. The summed E-state index contributed by atoms with van der Waals surface area (Å²) >= 11 is 4.52. The Morgan fingerprint density at radius 1 is 1.13 bits per heavy atom. The summed E-state index contributed by atoms with van der Waals surface area (Å²) in [6.45, 7) is 4.16. The maximum Gasteiger partial charge on any atom is 0.324 e. The molecule has 1 aliphatic rings. The number of urea groups is 1. The van der Waals surface area contributed by atoms with Crippen LogP contribution in [-0.4, -0.2) is 68.1 Å². The third kappa shape index (κ3) is 6.23. The number of nitrogens with one attached hydrogen (secondary N) is 2. The molecule has 4 N–H and O–H groups in total. The number of hydrogen-bond acceptors (Lipinski definition) is 10. The highest BCUT2D eigenvalue weighted by molar-refractivity contribution is 9.10. The van der Waals surface area contributed by atoms with Gasteiger partial charge in [0, 0.05) is 44.0 Å². The van der Waals surface area contributed by atoms with E-state index in [1.54, 1.807) is 18.2 Å². The zero-order valence-electron chi connectivity index (χ0n) is 20.5. The average Bonchev–Trinajstić information content (AvgIpc) is 3.28. The molecule has 3 aromatic heterocycles. The fourth-order valence-corrected chi connectivity index (χ4v) is 5.02. The highest BCUT2D eigenvalue weighted by Gasteiger charge is 2.21. The first-order valence-electron chi connectivity index (χ1n) is 11.8. The minimum Gasteiger partial charge on any atom is -0.382 e. The molecule has 1 aromatic carbocycles. The molecule has 12 nitrogen and oxygen atoms in total. The van der Waals surface area contributed by atoms with E-state index in [1.807, 2.05) is 28.8 Å². The molecule has 0 saturated carbocycles. The van der Waals surface area contributed by atoms with Gasteiger partial charge in [0.2, 0.25) is 0 Å². The highest BCUT2D eigenvalue weighted by Crippen LogP contribution is 2.32. The fraction of sp³-hybridized carbons (Fsp3) is 0.250. The first-order valence-corrected chi connectivity index (χ1v) is 13.3. The van der Waals surface area contributed by atoms with Gasteiger partial charge >= 0.3 is 6.03 Å². The molecule has 0 unspecified atom stereocenters. The minimum absolute atomic E-state index is 0.384. The van der Waals surface area contributed by atoms with Crippen molar-refractivity contribution < 1.29 is 14.0 Å². The van der Waals surface area contributed by atoms with Gasteiger partial charge in [0.25, 0.3) is 0 Å². The molecule has 0 aliphatic carbocycles. The molecule has 5 rings (SSSR count). The summed E-state index contributed by atoms with van der Waals surface area (Å²) in [5.74, 6) is 0.850. The third-order valence-corrected chi connectivity index (χ3v) is 7.20. The van der Waals surface area contributed by atoms with E-state index in [4.69, 9.17) is 10.1 Å². The fourth-order valence-electron chi connectivity index (χ4n) is 4.22. The largest absolute Gasteiger partial charge is 0.382 e. The lowest BCUT2D eigenvalue weighted by Gasteiger charge is -2.32. The summed E-state index contributed by atoms with van der Waals surface area (Å²) in [6.07, 6.45) is 1.47. The zero-order chi connectivity index (χ0) is 26.5. The van der Waals surface area contributed by atoms with E-state index < -0.39 is 0 Å². The van der Waals surface area contributed by atoms with E-state index >= 15 is 0 Å². The number of aromatic nitrogens is 4. The number of hydrogen-bond donors (Lipinski definition) is 3. The number of carbonyl (C=O) groups excluding carboxylic acids is 1. The van der Waals surface area contributed by atoms with Gasteiger partial charge in [0.15, 0.2) is 5.82 Å².